The SMILES string of the molecule is CCc1ccc2oc(Cc3ccc(NC(=O)c4ccc(Cl)c(Cl)c4)cc3)nc2c1. The predicted octanol–water partition coefficient (Wildman–Crippen LogP) is 6.54. The van der Waals surface area contributed by atoms with Crippen molar-refractivity contribution in [1.29, 1.82) is 0 Å². The summed E-state index contributed by atoms with van der Waals surface area (Å²) in [6.45, 7) is 2.12. The summed E-state index contributed by atoms with van der Waals surface area (Å²) in [7, 11) is 0. The molecule has 3 aromatic carbocycles. The largest absolute Gasteiger partial charge is 0.440 e. The van der Waals surface area contributed by atoms with Gasteiger partial charge in [0.1, 0.15) is 5.52 Å². The van der Waals surface area contributed by atoms with Crippen LogP contribution in [0.3, 0.4) is 0 Å². The number of hydrogen-bond acceptors (Lipinski definition) is 3. The van der Waals surface area contributed by atoms with Gasteiger partial charge in [0.05, 0.1) is 10.0 Å². The Morgan fingerprint density at radius 2 is 1.72 bits per heavy atom. The van der Waals surface area contributed by atoms with Crippen LogP contribution in [0.2, 0.25) is 10.0 Å². The standard InChI is InChI=1S/C23H18Cl2N2O2/c1-2-14-5-10-21-20(11-14)27-22(29-21)12-15-3-7-17(8-4-15)26-23(28)16-6-9-18(24)19(25)13-16/h3-11,13H,2,12H2,1H3,(H,26,28). The number of benzene rings is 3. The van der Waals surface area contributed by atoms with E-state index in [0.717, 1.165) is 23.1 Å². The molecular formula is C23H18Cl2N2O2. The Labute approximate surface area is 178 Å². The second-order valence-corrected chi connectivity index (χ2v) is 7.53. The quantitative estimate of drug-likeness (QED) is 0.395. The van der Waals surface area contributed by atoms with Crippen molar-refractivity contribution in [3.05, 3.63) is 93.3 Å². The predicted molar refractivity (Wildman–Crippen MR) is 117 cm³/mol. The van der Waals surface area contributed by atoms with E-state index in [2.05, 4.69) is 29.4 Å². The molecule has 1 N–H and O–H groups in total. The molecule has 0 spiro atoms. The molecular weight excluding hydrogens is 407 g/mol. The molecule has 6 heteroatoms. The molecule has 0 aliphatic heterocycles. The number of aromatic nitrogens is 1. The zero-order valence-corrected chi connectivity index (χ0v) is 17.2. The molecule has 146 valence electrons. The maximum Gasteiger partial charge on any atom is 0.255 e. The van der Waals surface area contributed by atoms with Crippen LogP contribution in [-0.2, 0) is 12.8 Å². The molecule has 0 aliphatic rings. The summed E-state index contributed by atoms with van der Waals surface area (Å²) in [6.07, 6.45) is 1.55. The number of aryl methyl sites for hydroxylation is 1. The van der Waals surface area contributed by atoms with Crippen LogP contribution in [0.1, 0.15) is 34.3 Å². The Morgan fingerprint density at radius 3 is 2.45 bits per heavy atom. The van der Waals surface area contributed by atoms with E-state index in [1.807, 2.05) is 30.3 Å². The van der Waals surface area contributed by atoms with E-state index < -0.39 is 0 Å². The fourth-order valence-electron chi connectivity index (χ4n) is 3.04. The van der Waals surface area contributed by atoms with Crippen molar-refractivity contribution in [3.8, 4) is 0 Å². The van der Waals surface area contributed by atoms with Crippen LogP contribution >= 0.6 is 23.2 Å². The minimum Gasteiger partial charge on any atom is -0.440 e. The van der Waals surface area contributed by atoms with E-state index in [1.54, 1.807) is 18.2 Å². The molecule has 0 atom stereocenters. The molecule has 0 bridgehead atoms. The van der Waals surface area contributed by atoms with Gasteiger partial charge in [0.2, 0.25) is 0 Å². The van der Waals surface area contributed by atoms with E-state index >= 15 is 0 Å². The third kappa shape index (κ3) is 4.44. The molecule has 0 fully saturated rings. The van der Waals surface area contributed by atoms with E-state index in [4.69, 9.17) is 27.6 Å². The van der Waals surface area contributed by atoms with Gasteiger partial charge in [-0.25, -0.2) is 4.98 Å². The van der Waals surface area contributed by atoms with Crippen molar-refractivity contribution in [1.82, 2.24) is 4.98 Å². The molecule has 1 aromatic heterocycles. The first-order chi connectivity index (χ1) is 14.0. The Morgan fingerprint density at radius 1 is 0.966 bits per heavy atom. The van der Waals surface area contributed by atoms with Gasteiger partial charge in [-0.05, 0) is 60.0 Å². The number of carbonyl (C=O) groups excluding carboxylic acids is 1. The lowest BCUT2D eigenvalue weighted by Gasteiger charge is -2.07. The van der Waals surface area contributed by atoms with Crippen LogP contribution in [0.15, 0.2) is 65.1 Å². The van der Waals surface area contributed by atoms with Crippen molar-refractivity contribution in [2.24, 2.45) is 0 Å². The second kappa shape index (κ2) is 8.27. The minimum atomic E-state index is -0.248. The molecule has 0 radical (unpaired) electrons. The van der Waals surface area contributed by atoms with Gasteiger partial charge in [-0.1, -0.05) is 48.3 Å². The summed E-state index contributed by atoms with van der Waals surface area (Å²) in [5.41, 5.74) is 5.09. The van der Waals surface area contributed by atoms with Gasteiger partial charge in [0, 0.05) is 17.7 Å². The average Bonchev–Trinajstić information content (AvgIpc) is 3.12. The first-order valence-corrected chi connectivity index (χ1v) is 10.0. The molecule has 0 unspecified atom stereocenters. The van der Waals surface area contributed by atoms with Gasteiger partial charge < -0.3 is 9.73 Å². The average molecular weight is 425 g/mol. The smallest absolute Gasteiger partial charge is 0.255 e. The first-order valence-electron chi connectivity index (χ1n) is 9.25. The van der Waals surface area contributed by atoms with Gasteiger partial charge in [-0.2, -0.15) is 0 Å². The number of halogens is 2. The molecule has 4 aromatic rings. The number of oxazole rings is 1. The summed E-state index contributed by atoms with van der Waals surface area (Å²) in [5, 5.41) is 3.61. The Kier molecular flexibility index (Phi) is 5.56. The molecule has 0 saturated heterocycles. The lowest BCUT2D eigenvalue weighted by Crippen LogP contribution is -2.11. The molecule has 4 rings (SSSR count). The van der Waals surface area contributed by atoms with Gasteiger partial charge in [-0.15, -0.1) is 0 Å². The van der Waals surface area contributed by atoms with Crippen LogP contribution < -0.4 is 5.32 Å². The number of anilines is 1. The van der Waals surface area contributed by atoms with Crippen molar-refractivity contribution in [3.63, 3.8) is 0 Å². The highest BCUT2D eigenvalue weighted by Crippen LogP contribution is 2.24. The third-order valence-electron chi connectivity index (χ3n) is 4.65. The maximum atomic E-state index is 12.4. The maximum absolute atomic E-state index is 12.4. The highest BCUT2D eigenvalue weighted by molar-refractivity contribution is 6.42. The molecule has 4 nitrogen and oxygen atoms in total. The van der Waals surface area contributed by atoms with Crippen molar-refractivity contribution >= 4 is 45.9 Å². The van der Waals surface area contributed by atoms with E-state index in [9.17, 15) is 4.79 Å². The summed E-state index contributed by atoms with van der Waals surface area (Å²) in [6, 6.07) is 18.4. The van der Waals surface area contributed by atoms with Gasteiger partial charge in [0.15, 0.2) is 11.5 Å². The summed E-state index contributed by atoms with van der Waals surface area (Å²) in [5.74, 6) is 0.419. The van der Waals surface area contributed by atoms with E-state index in [0.29, 0.717) is 33.6 Å². The monoisotopic (exact) mass is 424 g/mol. The number of nitrogens with one attached hydrogen (secondary N) is 1. The number of nitrogens with zero attached hydrogens (tertiary/aromatic N) is 1. The van der Waals surface area contributed by atoms with Crippen molar-refractivity contribution < 1.29 is 9.21 Å². The van der Waals surface area contributed by atoms with Gasteiger partial charge >= 0.3 is 0 Å². The lowest BCUT2D eigenvalue weighted by molar-refractivity contribution is 0.102. The molecule has 0 aliphatic carbocycles. The van der Waals surface area contributed by atoms with Crippen LogP contribution in [0.25, 0.3) is 11.1 Å². The number of amides is 1. The van der Waals surface area contributed by atoms with Crippen LogP contribution in [-0.4, -0.2) is 10.9 Å². The summed E-state index contributed by atoms with van der Waals surface area (Å²) < 4.78 is 5.84. The van der Waals surface area contributed by atoms with Gasteiger partial charge in [0.25, 0.3) is 5.91 Å². The number of rotatable bonds is 5. The molecule has 1 heterocycles. The van der Waals surface area contributed by atoms with Gasteiger partial charge in [-0.3, -0.25) is 4.79 Å². The zero-order valence-electron chi connectivity index (χ0n) is 15.7. The minimum absolute atomic E-state index is 0.248. The highest BCUT2D eigenvalue weighted by Gasteiger charge is 2.10. The van der Waals surface area contributed by atoms with Crippen LogP contribution in [0, 0.1) is 0 Å². The summed E-state index contributed by atoms with van der Waals surface area (Å²) >= 11 is 11.9. The lowest BCUT2D eigenvalue weighted by atomic mass is 10.1. The van der Waals surface area contributed by atoms with Crippen LogP contribution in [0.4, 0.5) is 5.69 Å². The molecule has 29 heavy (non-hydrogen) atoms. The number of carbonyl (C=O) groups is 1. The summed E-state index contributed by atoms with van der Waals surface area (Å²) in [4.78, 5) is 17.0. The fourth-order valence-corrected chi connectivity index (χ4v) is 3.34. The first kappa shape index (κ1) is 19.5. The van der Waals surface area contributed by atoms with E-state index in [-0.39, 0.29) is 5.91 Å². The highest BCUT2D eigenvalue weighted by atomic mass is 35.5. The Balaban J connectivity index is 1.45. The topological polar surface area (TPSA) is 55.1 Å². The van der Waals surface area contributed by atoms with Crippen molar-refractivity contribution in [2.75, 3.05) is 5.32 Å². The zero-order chi connectivity index (χ0) is 20.4. The van der Waals surface area contributed by atoms with Crippen molar-refractivity contribution in [2.45, 2.75) is 19.8 Å². The van der Waals surface area contributed by atoms with E-state index in [1.165, 1.54) is 5.56 Å². The molecule has 0 saturated carbocycles. The Hall–Kier alpha value is -2.82. The number of hydrogen-bond donors (Lipinski definition) is 1. The normalized spacial score (nSPS) is 11.0. The Bertz CT molecular complexity index is 1180. The van der Waals surface area contributed by atoms with Crippen LogP contribution in [0.5, 0.6) is 0 Å². The number of fused-ring (bicyclic) bond motifs is 1. The fraction of sp³-hybridized carbons (Fsp3) is 0.130. The molecule has 1 amide bonds. The second-order valence-electron chi connectivity index (χ2n) is 6.72. The third-order valence-corrected chi connectivity index (χ3v) is 5.39.